The van der Waals surface area contributed by atoms with E-state index in [0.29, 0.717) is 4.88 Å². The summed E-state index contributed by atoms with van der Waals surface area (Å²) in [7, 11) is 0. The molecule has 0 bridgehead atoms. The number of thiophene rings is 1. The molecule has 0 saturated carbocycles. The van der Waals surface area contributed by atoms with Gasteiger partial charge < -0.3 is 5.11 Å². The Bertz CT molecular complexity index is 232. The molecule has 3 heteroatoms. The van der Waals surface area contributed by atoms with Crippen LogP contribution in [-0.4, -0.2) is 11.0 Å². The molecule has 0 spiro atoms. The summed E-state index contributed by atoms with van der Waals surface area (Å²) in [5, 5.41) is 10.5. The summed E-state index contributed by atoms with van der Waals surface area (Å²) in [6.07, 6.45) is 0. The molecule has 0 aliphatic carbocycles. The maximum atomic E-state index is 9.80. The van der Waals surface area contributed by atoms with Gasteiger partial charge in [-0.05, 0) is 11.4 Å². The van der Waals surface area contributed by atoms with Gasteiger partial charge in [0.15, 0.2) is 5.94 Å². The highest BCUT2D eigenvalue weighted by Gasteiger charge is 1.97. The fraction of sp³-hybridized carbons (Fsp3) is 0. The van der Waals surface area contributed by atoms with Crippen molar-refractivity contribution in [1.82, 2.24) is 0 Å². The van der Waals surface area contributed by atoms with Crippen molar-refractivity contribution in [1.29, 1.82) is 0 Å². The van der Waals surface area contributed by atoms with Crippen LogP contribution in [0.15, 0.2) is 17.5 Å². The molecular formula is C6H4O2S. The van der Waals surface area contributed by atoms with Gasteiger partial charge in [0.05, 0.1) is 4.88 Å². The lowest BCUT2D eigenvalue weighted by Crippen LogP contribution is -1.73. The molecule has 9 heavy (non-hydrogen) atoms. The standard InChI is InChI=1S/C6H4O2S/c7-4-5(8)6-2-1-3-9-6/h1-3,8H. The molecule has 0 aromatic carbocycles. The van der Waals surface area contributed by atoms with E-state index in [4.69, 9.17) is 5.11 Å². The Morgan fingerprint density at radius 3 is 3.00 bits per heavy atom. The lowest BCUT2D eigenvalue weighted by atomic mass is 10.4. The predicted molar refractivity (Wildman–Crippen MR) is 36.0 cm³/mol. The Morgan fingerprint density at radius 2 is 2.56 bits per heavy atom. The lowest BCUT2D eigenvalue weighted by Gasteiger charge is -1.83. The maximum absolute atomic E-state index is 9.80. The Balaban J connectivity index is 3.03. The molecule has 0 atom stereocenters. The van der Waals surface area contributed by atoms with Crippen molar-refractivity contribution in [2.24, 2.45) is 0 Å². The van der Waals surface area contributed by atoms with Gasteiger partial charge in [0.25, 0.3) is 0 Å². The number of hydrogen-bond donors (Lipinski definition) is 1. The second-order valence-corrected chi connectivity index (χ2v) is 2.38. The first-order valence-electron chi connectivity index (χ1n) is 2.32. The van der Waals surface area contributed by atoms with Crippen LogP contribution < -0.4 is 0 Å². The molecule has 2 nitrogen and oxygen atoms in total. The van der Waals surface area contributed by atoms with Crippen LogP contribution in [-0.2, 0) is 4.79 Å². The molecule has 0 aliphatic heterocycles. The monoisotopic (exact) mass is 140 g/mol. The van der Waals surface area contributed by atoms with E-state index >= 15 is 0 Å². The van der Waals surface area contributed by atoms with E-state index in [1.807, 2.05) is 0 Å². The highest BCUT2D eigenvalue weighted by molar-refractivity contribution is 7.11. The van der Waals surface area contributed by atoms with Crippen molar-refractivity contribution >= 4 is 23.0 Å². The highest BCUT2D eigenvalue weighted by Crippen LogP contribution is 2.14. The van der Waals surface area contributed by atoms with Gasteiger partial charge >= 0.3 is 0 Å². The van der Waals surface area contributed by atoms with Crippen molar-refractivity contribution < 1.29 is 9.90 Å². The molecule has 1 rings (SSSR count). The summed E-state index contributed by atoms with van der Waals surface area (Å²) in [4.78, 5) is 10.4. The van der Waals surface area contributed by atoms with E-state index in [1.165, 1.54) is 17.3 Å². The van der Waals surface area contributed by atoms with E-state index in [2.05, 4.69) is 0 Å². The fourth-order valence-electron chi connectivity index (χ4n) is 0.464. The van der Waals surface area contributed by atoms with Gasteiger partial charge in [-0.2, -0.15) is 0 Å². The molecule has 0 radical (unpaired) electrons. The quantitative estimate of drug-likeness (QED) is 0.474. The average molecular weight is 140 g/mol. The number of hydrogen-bond acceptors (Lipinski definition) is 3. The molecule has 1 aromatic rings. The van der Waals surface area contributed by atoms with Crippen LogP contribution in [0.4, 0.5) is 0 Å². The van der Waals surface area contributed by atoms with Crippen LogP contribution in [0.25, 0.3) is 5.76 Å². The third kappa shape index (κ3) is 1.19. The Kier molecular flexibility index (Phi) is 1.68. The molecule has 0 saturated heterocycles. The number of aliphatic hydroxyl groups excluding tert-OH is 1. The van der Waals surface area contributed by atoms with Gasteiger partial charge in [0.2, 0.25) is 5.76 Å². The molecule has 1 heterocycles. The van der Waals surface area contributed by atoms with Crippen LogP contribution in [0.5, 0.6) is 0 Å². The first-order chi connectivity index (χ1) is 4.34. The van der Waals surface area contributed by atoms with E-state index in [9.17, 15) is 4.79 Å². The molecule has 1 N–H and O–H groups in total. The first kappa shape index (κ1) is 6.08. The molecular weight excluding hydrogens is 136 g/mol. The van der Waals surface area contributed by atoms with E-state index in [1.54, 1.807) is 17.5 Å². The average Bonchev–Trinajstić information content (AvgIpc) is 2.37. The maximum Gasteiger partial charge on any atom is 0.218 e. The van der Waals surface area contributed by atoms with Gasteiger partial charge in [-0.15, -0.1) is 11.3 Å². The summed E-state index contributed by atoms with van der Waals surface area (Å²) in [5.41, 5.74) is 0. The zero-order valence-electron chi connectivity index (χ0n) is 4.50. The molecule has 0 unspecified atom stereocenters. The molecule has 1 aromatic heterocycles. The minimum atomic E-state index is -0.315. The van der Waals surface area contributed by atoms with Gasteiger partial charge in [-0.3, -0.25) is 0 Å². The largest absolute Gasteiger partial charge is 0.498 e. The summed E-state index contributed by atoms with van der Waals surface area (Å²) in [6, 6.07) is 3.42. The summed E-state index contributed by atoms with van der Waals surface area (Å²) in [6.45, 7) is 0. The van der Waals surface area contributed by atoms with Gasteiger partial charge in [-0.1, -0.05) is 6.07 Å². The highest BCUT2D eigenvalue weighted by atomic mass is 32.1. The molecule has 0 fully saturated rings. The smallest absolute Gasteiger partial charge is 0.218 e. The number of rotatable bonds is 1. The normalized spacial score (nSPS) is 8.44. The topological polar surface area (TPSA) is 37.3 Å². The zero-order chi connectivity index (χ0) is 6.69. The van der Waals surface area contributed by atoms with Crippen LogP contribution in [0.2, 0.25) is 0 Å². The minimum absolute atomic E-state index is 0.315. The third-order valence-corrected chi connectivity index (χ3v) is 1.73. The summed E-state index contributed by atoms with van der Waals surface area (Å²) >= 11 is 1.31. The predicted octanol–water partition coefficient (Wildman–Crippen LogP) is 1.48. The van der Waals surface area contributed by atoms with Crippen LogP contribution in [0.1, 0.15) is 4.88 Å². The summed E-state index contributed by atoms with van der Waals surface area (Å²) in [5.74, 6) is 1.09. The second kappa shape index (κ2) is 2.49. The van der Waals surface area contributed by atoms with Gasteiger partial charge in [0.1, 0.15) is 0 Å². The van der Waals surface area contributed by atoms with E-state index in [0.717, 1.165) is 0 Å². The van der Waals surface area contributed by atoms with Gasteiger partial charge in [0, 0.05) is 0 Å². The van der Waals surface area contributed by atoms with Crippen molar-refractivity contribution in [2.45, 2.75) is 0 Å². The second-order valence-electron chi connectivity index (χ2n) is 1.43. The lowest BCUT2D eigenvalue weighted by molar-refractivity contribution is 0.505. The summed E-state index contributed by atoms with van der Waals surface area (Å²) < 4.78 is 0. The molecule has 0 amide bonds. The van der Waals surface area contributed by atoms with Crippen molar-refractivity contribution in [3.05, 3.63) is 22.4 Å². The van der Waals surface area contributed by atoms with E-state index < -0.39 is 0 Å². The zero-order valence-corrected chi connectivity index (χ0v) is 5.31. The SMILES string of the molecule is O=C=C(O)c1cccs1. The van der Waals surface area contributed by atoms with Crippen LogP contribution in [0, 0.1) is 0 Å². The Labute approximate surface area is 56.1 Å². The van der Waals surface area contributed by atoms with Crippen molar-refractivity contribution in [3.8, 4) is 0 Å². The minimum Gasteiger partial charge on any atom is -0.498 e. The van der Waals surface area contributed by atoms with E-state index in [-0.39, 0.29) is 5.76 Å². The van der Waals surface area contributed by atoms with Crippen LogP contribution in [0.3, 0.4) is 0 Å². The number of carbonyl (C=O) groups excluding carboxylic acids is 1. The molecule has 46 valence electrons. The van der Waals surface area contributed by atoms with Crippen molar-refractivity contribution in [2.75, 3.05) is 0 Å². The molecule has 0 aliphatic rings. The fourth-order valence-corrected chi connectivity index (χ4v) is 1.08. The Hall–Kier alpha value is -1.05. The van der Waals surface area contributed by atoms with Crippen molar-refractivity contribution in [3.63, 3.8) is 0 Å². The van der Waals surface area contributed by atoms with Gasteiger partial charge in [-0.25, -0.2) is 4.79 Å². The first-order valence-corrected chi connectivity index (χ1v) is 3.20. The van der Waals surface area contributed by atoms with Crippen LogP contribution >= 0.6 is 11.3 Å². The Morgan fingerprint density at radius 1 is 1.78 bits per heavy atom. The number of aliphatic hydroxyl groups is 1. The third-order valence-electron chi connectivity index (χ3n) is 0.851.